The van der Waals surface area contributed by atoms with E-state index in [-0.39, 0.29) is 24.5 Å². The molecule has 154 valence electrons. The Balaban J connectivity index is 1.80. The molecule has 0 aliphatic heterocycles. The van der Waals surface area contributed by atoms with Crippen LogP contribution in [0.25, 0.3) is 0 Å². The van der Waals surface area contributed by atoms with Gasteiger partial charge in [0.15, 0.2) is 17.6 Å². The molecule has 0 unspecified atom stereocenters. The Morgan fingerprint density at radius 1 is 1.29 bits per heavy atom. The fourth-order valence-electron chi connectivity index (χ4n) is 6.90. The summed E-state index contributed by atoms with van der Waals surface area (Å²) in [6.07, 6.45) is 2.04. The Morgan fingerprint density at radius 2 is 1.96 bits per heavy atom. The van der Waals surface area contributed by atoms with Crippen molar-refractivity contribution in [3.63, 3.8) is 0 Å². The van der Waals surface area contributed by atoms with Crippen LogP contribution in [0.4, 0.5) is 4.39 Å². The first kappa shape index (κ1) is 19.7. The Hall–Kier alpha value is -1.57. The van der Waals surface area contributed by atoms with Gasteiger partial charge in [0.1, 0.15) is 5.60 Å². The molecule has 0 aromatic carbocycles. The SMILES string of the molecule is C[C@]12C=CC(=O)C=C1CC[C@H]1[C@@H]3CC[C@](O)([C@H](O)C(=O)O)[C@@]3(C)C[C@H](O)[C@@]12F. The number of carboxylic acid groups (broad SMARTS) is 1. The third kappa shape index (κ3) is 2.07. The van der Waals surface area contributed by atoms with Gasteiger partial charge in [-0.05, 0) is 57.1 Å². The molecule has 0 bridgehead atoms. The van der Waals surface area contributed by atoms with Crippen LogP contribution in [0, 0.1) is 22.7 Å². The molecular weight excluding hydrogens is 367 g/mol. The number of aliphatic hydroxyl groups excluding tert-OH is 2. The van der Waals surface area contributed by atoms with Crippen LogP contribution in [-0.2, 0) is 9.59 Å². The van der Waals surface area contributed by atoms with E-state index in [1.54, 1.807) is 19.9 Å². The van der Waals surface area contributed by atoms with Crippen molar-refractivity contribution in [3.05, 3.63) is 23.8 Å². The number of fused-ring (bicyclic) bond motifs is 5. The molecular formula is C21H27FO6. The zero-order valence-corrected chi connectivity index (χ0v) is 16.1. The second kappa shape index (κ2) is 5.74. The van der Waals surface area contributed by atoms with Crippen molar-refractivity contribution >= 4 is 11.8 Å². The Morgan fingerprint density at radius 3 is 2.61 bits per heavy atom. The summed E-state index contributed by atoms with van der Waals surface area (Å²) >= 11 is 0. The molecule has 3 fully saturated rings. The fourth-order valence-corrected chi connectivity index (χ4v) is 6.90. The van der Waals surface area contributed by atoms with Crippen LogP contribution in [-0.4, -0.2) is 55.7 Å². The van der Waals surface area contributed by atoms with Gasteiger partial charge in [0, 0.05) is 16.7 Å². The lowest BCUT2D eigenvalue weighted by atomic mass is 9.44. The van der Waals surface area contributed by atoms with Crippen LogP contribution in [0.5, 0.6) is 0 Å². The topological polar surface area (TPSA) is 115 Å². The number of hydrogen-bond donors (Lipinski definition) is 4. The summed E-state index contributed by atoms with van der Waals surface area (Å²) in [4.78, 5) is 23.2. The van der Waals surface area contributed by atoms with Gasteiger partial charge < -0.3 is 20.4 Å². The maximum atomic E-state index is 16.8. The highest BCUT2D eigenvalue weighted by Gasteiger charge is 2.74. The van der Waals surface area contributed by atoms with Gasteiger partial charge in [-0.25, -0.2) is 9.18 Å². The number of halogens is 1. The number of hydrogen-bond acceptors (Lipinski definition) is 5. The summed E-state index contributed by atoms with van der Waals surface area (Å²) in [5.41, 5.74) is -5.55. The summed E-state index contributed by atoms with van der Waals surface area (Å²) in [6.45, 7) is 3.36. The second-order valence-corrected chi connectivity index (χ2v) is 9.47. The van der Waals surface area contributed by atoms with Gasteiger partial charge in [0.05, 0.1) is 6.10 Å². The minimum atomic E-state index is -2.03. The van der Waals surface area contributed by atoms with Crippen molar-refractivity contribution in [3.8, 4) is 0 Å². The largest absolute Gasteiger partial charge is 0.479 e. The zero-order valence-electron chi connectivity index (χ0n) is 16.1. The number of rotatable bonds is 2. The number of ketones is 1. The first-order valence-corrected chi connectivity index (χ1v) is 9.86. The van der Waals surface area contributed by atoms with Gasteiger partial charge in [-0.1, -0.05) is 18.6 Å². The number of alkyl halides is 1. The second-order valence-electron chi connectivity index (χ2n) is 9.47. The lowest BCUT2D eigenvalue weighted by molar-refractivity contribution is -0.236. The van der Waals surface area contributed by atoms with E-state index in [1.807, 2.05) is 0 Å². The molecule has 8 atom stereocenters. The van der Waals surface area contributed by atoms with E-state index in [4.69, 9.17) is 0 Å². The van der Waals surface area contributed by atoms with E-state index in [0.717, 1.165) is 0 Å². The lowest BCUT2D eigenvalue weighted by Gasteiger charge is -2.63. The molecule has 7 heteroatoms. The number of carboxylic acids is 1. The maximum Gasteiger partial charge on any atom is 0.335 e. The molecule has 4 aliphatic carbocycles. The third-order valence-corrected chi connectivity index (χ3v) is 8.54. The van der Waals surface area contributed by atoms with Gasteiger partial charge in [-0.2, -0.15) is 0 Å². The van der Waals surface area contributed by atoms with E-state index in [0.29, 0.717) is 24.8 Å². The van der Waals surface area contributed by atoms with E-state index < -0.39 is 46.2 Å². The molecule has 0 spiro atoms. The Kier molecular flexibility index (Phi) is 4.04. The van der Waals surface area contributed by atoms with Crippen LogP contribution >= 0.6 is 0 Å². The summed E-state index contributed by atoms with van der Waals surface area (Å²) < 4.78 is 16.8. The highest BCUT2D eigenvalue weighted by atomic mass is 19.1. The smallest absolute Gasteiger partial charge is 0.335 e. The quantitative estimate of drug-likeness (QED) is 0.565. The molecule has 0 radical (unpaired) electrons. The summed E-state index contributed by atoms with van der Waals surface area (Å²) in [5, 5.41) is 41.7. The molecule has 0 saturated heterocycles. The summed E-state index contributed by atoms with van der Waals surface area (Å²) in [6, 6.07) is 0. The van der Waals surface area contributed by atoms with Gasteiger partial charge in [0.25, 0.3) is 0 Å². The minimum Gasteiger partial charge on any atom is -0.479 e. The molecule has 4 rings (SSSR count). The van der Waals surface area contributed by atoms with Crippen LogP contribution in [0.3, 0.4) is 0 Å². The molecule has 28 heavy (non-hydrogen) atoms. The predicted octanol–water partition coefficient (Wildman–Crippen LogP) is 1.53. The number of aliphatic carboxylic acids is 1. The van der Waals surface area contributed by atoms with Gasteiger partial charge in [0.2, 0.25) is 0 Å². The van der Waals surface area contributed by atoms with Crippen molar-refractivity contribution in [2.45, 2.75) is 69.4 Å². The molecule has 3 saturated carbocycles. The molecule has 6 nitrogen and oxygen atoms in total. The molecule has 0 aromatic heterocycles. The Labute approximate surface area is 162 Å². The average molecular weight is 394 g/mol. The highest BCUT2D eigenvalue weighted by molar-refractivity contribution is 6.01. The molecule has 0 amide bonds. The number of carbonyl (C=O) groups is 2. The number of allylic oxidation sites excluding steroid dienone is 4. The predicted molar refractivity (Wildman–Crippen MR) is 96.9 cm³/mol. The van der Waals surface area contributed by atoms with E-state index in [1.165, 1.54) is 12.2 Å². The van der Waals surface area contributed by atoms with Crippen molar-refractivity contribution in [1.82, 2.24) is 0 Å². The standard InChI is InChI=1S/C21H27FO6/c1-18-7-5-12(23)9-11(18)3-4-14-13-6-8-20(28,16(25)17(26)27)19(13,2)10-15(24)21(14,18)22/h5,7,9,13-16,24-25,28H,3-4,6,8,10H2,1-2H3,(H,26,27)/t13-,14-,15-,16+,18-,19-,20-,21-/m0/s1. The van der Waals surface area contributed by atoms with E-state index in [9.17, 15) is 30.0 Å². The van der Waals surface area contributed by atoms with Crippen LogP contribution < -0.4 is 0 Å². The van der Waals surface area contributed by atoms with Crippen molar-refractivity contribution < 1.29 is 34.4 Å². The molecule has 4 N–H and O–H groups in total. The Bertz CT molecular complexity index is 807. The first-order valence-electron chi connectivity index (χ1n) is 9.86. The van der Waals surface area contributed by atoms with Gasteiger partial charge in [-0.15, -0.1) is 0 Å². The average Bonchev–Trinajstić information content (AvgIpc) is 2.88. The zero-order chi connectivity index (χ0) is 20.7. The summed E-state index contributed by atoms with van der Waals surface area (Å²) in [7, 11) is 0. The fraction of sp³-hybridized carbons (Fsp3) is 0.714. The summed E-state index contributed by atoms with van der Waals surface area (Å²) in [5.74, 6) is -2.71. The monoisotopic (exact) mass is 394 g/mol. The van der Waals surface area contributed by atoms with Crippen molar-refractivity contribution in [1.29, 1.82) is 0 Å². The van der Waals surface area contributed by atoms with E-state index in [2.05, 4.69) is 0 Å². The van der Waals surface area contributed by atoms with Crippen LogP contribution in [0.15, 0.2) is 23.8 Å². The molecule has 4 aliphatic rings. The van der Waals surface area contributed by atoms with Gasteiger partial charge in [-0.3, -0.25) is 4.79 Å². The highest BCUT2D eigenvalue weighted by Crippen LogP contribution is 2.70. The lowest BCUT2D eigenvalue weighted by Crippen LogP contribution is -2.69. The molecule has 0 heterocycles. The van der Waals surface area contributed by atoms with E-state index >= 15 is 4.39 Å². The van der Waals surface area contributed by atoms with Gasteiger partial charge >= 0.3 is 5.97 Å². The maximum absolute atomic E-state index is 16.8. The number of aliphatic hydroxyl groups is 3. The number of carbonyl (C=O) groups excluding carboxylic acids is 1. The van der Waals surface area contributed by atoms with Crippen molar-refractivity contribution in [2.24, 2.45) is 22.7 Å². The van der Waals surface area contributed by atoms with Crippen LogP contribution in [0.2, 0.25) is 0 Å². The first-order chi connectivity index (χ1) is 12.9. The van der Waals surface area contributed by atoms with Crippen LogP contribution in [0.1, 0.15) is 46.0 Å². The van der Waals surface area contributed by atoms with Crippen molar-refractivity contribution in [2.75, 3.05) is 0 Å². The normalized spacial score (nSPS) is 51.0. The third-order valence-electron chi connectivity index (χ3n) is 8.54. The minimum absolute atomic E-state index is 0.0364. The molecule has 0 aromatic rings.